The maximum absolute atomic E-state index is 13.0. The average molecular weight is 478 g/mol. The first kappa shape index (κ1) is 24.0. The summed E-state index contributed by atoms with van der Waals surface area (Å²) in [5.74, 6) is 1.92. The van der Waals surface area contributed by atoms with Crippen molar-refractivity contribution in [3.8, 4) is 22.9 Å². The molecule has 0 bridgehead atoms. The molecule has 0 fully saturated rings. The summed E-state index contributed by atoms with van der Waals surface area (Å²) in [5, 5.41) is 4.47. The summed E-state index contributed by atoms with van der Waals surface area (Å²) < 4.78 is 13.3. The van der Waals surface area contributed by atoms with E-state index in [0.717, 1.165) is 30.4 Å². The van der Waals surface area contributed by atoms with Crippen LogP contribution < -0.4 is 19.6 Å². The molecule has 2 heterocycles. The smallest absolute Gasteiger partial charge is 0.291 e. The molecular formula is C27H31N3O3S. The molecule has 4 rings (SSSR count). The lowest BCUT2D eigenvalue weighted by Crippen LogP contribution is -2.23. The number of ether oxygens (including phenoxy) is 2. The molecule has 178 valence electrons. The number of unbranched alkanes of at least 4 members (excludes halogenated alkanes) is 2. The largest absolute Gasteiger partial charge is 0.493 e. The van der Waals surface area contributed by atoms with E-state index in [1.54, 1.807) is 7.11 Å². The average Bonchev–Trinajstić information content (AvgIpc) is 3.36. The zero-order valence-electron chi connectivity index (χ0n) is 20.4. The van der Waals surface area contributed by atoms with Crippen molar-refractivity contribution in [2.75, 3.05) is 13.7 Å². The number of aromatic nitrogens is 3. The minimum atomic E-state index is -0.177. The minimum absolute atomic E-state index is 0.0789. The van der Waals surface area contributed by atoms with Crippen LogP contribution in [0.2, 0.25) is 0 Å². The highest BCUT2D eigenvalue weighted by atomic mass is 32.1. The molecule has 2 aromatic carbocycles. The third-order valence-corrected chi connectivity index (χ3v) is 6.64. The number of hydrogen-bond donors (Lipinski definition) is 0. The molecule has 0 aliphatic heterocycles. The van der Waals surface area contributed by atoms with Gasteiger partial charge in [0.2, 0.25) is 4.96 Å². The van der Waals surface area contributed by atoms with E-state index >= 15 is 0 Å². The van der Waals surface area contributed by atoms with Crippen molar-refractivity contribution < 1.29 is 9.47 Å². The van der Waals surface area contributed by atoms with Crippen LogP contribution >= 0.6 is 11.3 Å². The van der Waals surface area contributed by atoms with E-state index < -0.39 is 0 Å². The Kier molecular flexibility index (Phi) is 7.03. The van der Waals surface area contributed by atoms with Gasteiger partial charge < -0.3 is 9.47 Å². The molecule has 2 aromatic heterocycles. The molecule has 0 aliphatic rings. The summed E-state index contributed by atoms with van der Waals surface area (Å²) in [4.78, 5) is 18.1. The number of rotatable bonds is 8. The fourth-order valence-electron chi connectivity index (χ4n) is 3.65. The number of hydrogen-bond acceptors (Lipinski definition) is 6. The molecule has 34 heavy (non-hydrogen) atoms. The summed E-state index contributed by atoms with van der Waals surface area (Å²) in [6.45, 7) is 9.36. The lowest BCUT2D eigenvalue weighted by Gasteiger charge is -2.18. The Morgan fingerprint density at radius 3 is 2.47 bits per heavy atom. The Morgan fingerprint density at radius 1 is 1.06 bits per heavy atom. The van der Waals surface area contributed by atoms with E-state index in [1.165, 1.54) is 21.4 Å². The molecule has 0 saturated heterocycles. The Bertz CT molecular complexity index is 1380. The van der Waals surface area contributed by atoms with E-state index in [9.17, 15) is 4.79 Å². The fourth-order valence-corrected chi connectivity index (χ4v) is 4.56. The van der Waals surface area contributed by atoms with E-state index in [1.807, 2.05) is 36.4 Å². The maximum atomic E-state index is 13.0. The molecule has 0 unspecified atom stereocenters. The van der Waals surface area contributed by atoms with E-state index in [4.69, 9.17) is 9.47 Å². The van der Waals surface area contributed by atoms with Gasteiger partial charge in [0.1, 0.15) is 0 Å². The molecule has 0 amide bonds. The van der Waals surface area contributed by atoms with Gasteiger partial charge in [-0.25, -0.2) is 0 Å². The number of thiazole rings is 1. The predicted octanol–water partition coefficient (Wildman–Crippen LogP) is 5.24. The van der Waals surface area contributed by atoms with Crippen LogP contribution in [0, 0.1) is 0 Å². The second kappa shape index (κ2) is 9.97. The summed E-state index contributed by atoms with van der Waals surface area (Å²) in [6.07, 6.45) is 5.14. The standard InChI is InChI=1S/C27H31N3O3S/c1-6-7-8-15-33-21-14-9-18(16-22(21)32-5)17-23-25(31)30-26(34-23)28-24(29-30)19-10-12-20(13-11-19)27(2,3)4/h9-14,16-17H,6-8,15H2,1-5H3/b23-17-. The topological polar surface area (TPSA) is 65.7 Å². The number of methoxy groups -OCH3 is 1. The van der Waals surface area contributed by atoms with E-state index in [2.05, 4.69) is 49.9 Å². The monoisotopic (exact) mass is 477 g/mol. The van der Waals surface area contributed by atoms with E-state index in [0.29, 0.717) is 33.4 Å². The van der Waals surface area contributed by atoms with Gasteiger partial charge in [0.05, 0.1) is 18.2 Å². The van der Waals surface area contributed by atoms with Crippen LogP contribution in [0.25, 0.3) is 22.4 Å². The van der Waals surface area contributed by atoms with Gasteiger partial charge in [-0.15, -0.1) is 5.10 Å². The molecule has 0 N–H and O–H groups in total. The first-order chi connectivity index (χ1) is 16.3. The SMILES string of the molecule is CCCCCOc1ccc(/C=c2\sc3nc(-c4ccc(C(C)(C)C)cc4)nn3c2=O)cc1OC. The van der Waals surface area contributed by atoms with Crippen molar-refractivity contribution in [3.63, 3.8) is 0 Å². The quantitative estimate of drug-likeness (QED) is 0.325. The zero-order chi connectivity index (χ0) is 24.3. The summed E-state index contributed by atoms with van der Waals surface area (Å²) in [6, 6.07) is 13.9. The normalized spacial score (nSPS) is 12.4. The summed E-state index contributed by atoms with van der Waals surface area (Å²) in [7, 11) is 1.62. The highest BCUT2D eigenvalue weighted by Crippen LogP contribution is 2.29. The Balaban J connectivity index is 1.59. The van der Waals surface area contributed by atoms with Crippen LogP contribution in [0.3, 0.4) is 0 Å². The molecule has 0 spiro atoms. The highest BCUT2D eigenvalue weighted by molar-refractivity contribution is 7.15. The minimum Gasteiger partial charge on any atom is -0.493 e. The van der Waals surface area contributed by atoms with Crippen molar-refractivity contribution in [2.45, 2.75) is 52.4 Å². The lowest BCUT2D eigenvalue weighted by molar-refractivity contribution is 0.286. The lowest BCUT2D eigenvalue weighted by atomic mass is 9.87. The molecule has 7 heteroatoms. The van der Waals surface area contributed by atoms with E-state index in [-0.39, 0.29) is 11.0 Å². The van der Waals surface area contributed by atoms with Gasteiger partial charge in [0, 0.05) is 5.56 Å². The Hall–Kier alpha value is -3.19. The molecule has 6 nitrogen and oxygen atoms in total. The van der Waals surface area contributed by atoms with Crippen molar-refractivity contribution in [2.24, 2.45) is 0 Å². The van der Waals surface area contributed by atoms with Gasteiger partial charge in [-0.05, 0) is 41.2 Å². The first-order valence-corrected chi connectivity index (χ1v) is 12.4. The highest BCUT2D eigenvalue weighted by Gasteiger charge is 2.16. The van der Waals surface area contributed by atoms with Crippen molar-refractivity contribution in [1.82, 2.24) is 14.6 Å². The fraction of sp³-hybridized carbons (Fsp3) is 0.370. The molecular weight excluding hydrogens is 446 g/mol. The predicted molar refractivity (Wildman–Crippen MR) is 138 cm³/mol. The second-order valence-electron chi connectivity index (χ2n) is 9.34. The molecule has 0 aliphatic carbocycles. The third-order valence-electron chi connectivity index (χ3n) is 5.68. The molecule has 4 aromatic rings. The van der Waals surface area contributed by atoms with Crippen molar-refractivity contribution in [3.05, 3.63) is 68.5 Å². The number of fused-ring (bicyclic) bond motifs is 1. The van der Waals surface area contributed by atoms with Crippen LogP contribution in [-0.2, 0) is 5.41 Å². The van der Waals surface area contributed by atoms with Gasteiger partial charge >= 0.3 is 0 Å². The van der Waals surface area contributed by atoms with Crippen LogP contribution in [0.5, 0.6) is 11.5 Å². The molecule has 0 saturated carbocycles. The summed E-state index contributed by atoms with van der Waals surface area (Å²) in [5.41, 5.74) is 2.90. The van der Waals surface area contributed by atoms with Gasteiger partial charge in [-0.2, -0.15) is 9.50 Å². The Morgan fingerprint density at radius 2 is 1.82 bits per heavy atom. The Labute approximate surface area is 203 Å². The maximum Gasteiger partial charge on any atom is 0.291 e. The van der Waals surface area contributed by atoms with Crippen LogP contribution in [0.4, 0.5) is 0 Å². The van der Waals surface area contributed by atoms with Crippen LogP contribution in [0.1, 0.15) is 58.1 Å². The van der Waals surface area contributed by atoms with Crippen molar-refractivity contribution in [1.29, 1.82) is 0 Å². The first-order valence-electron chi connectivity index (χ1n) is 11.6. The second-order valence-corrected chi connectivity index (χ2v) is 10.3. The zero-order valence-corrected chi connectivity index (χ0v) is 21.2. The van der Waals surface area contributed by atoms with Gasteiger partial charge in [0.25, 0.3) is 5.56 Å². The third kappa shape index (κ3) is 5.14. The number of benzene rings is 2. The van der Waals surface area contributed by atoms with Gasteiger partial charge in [0.15, 0.2) is 17.3 Å². The molecule has 0 radical (unpaired) electrons. The summed E-state index contributed by atoms with van der Waals surface area (Å²) >= 11 is 1.33. The van der Waals surface area contributed by atoms with Gasteiger partial charge in [-0.3, -0.25) is 4.79 Å². The number of nitrogens with zero attached hydrogens (tertiary/aromatic N) is 3. The van der Waals surface area contributed by atoms with Gasteiger partial charge in [-0.1, -0.05) is 82.2 Å². The molecule has 0 atom stereocenters. The van der Waals surface area contributed by atoms with Crippen LogP contribution in [0.15, 0.2) is 47.3 Å². The van der Waals surface area contributed by atoms with Crippen molar-refractivity contribution >= 4 is 22.4 Å². The van der Waals surface area contributed by atoms with Crippen LogP contribution in [-0.4, -0.2) is 28.3 Å².